The summed E-state index contributed by atoms with van der Waals surface area (Å²) in [7, 11) is 2.07. The zero-order chi connectivity index (χ0) is 25.5. The van der Waals surface area contributed by atoms with Gasteiger partial charge in [-0.1, -0.05) is 0 Å². The first-order valence-electron chi connectivity index (χ1n) is 11.0. The third-order valence-corrected chi connectivity index (χ3v) is 6.65. The summed E-state index contributed by atoms with van der Waals surface area (Å²) in [6, 6.07) is 8.07. The third kappa shape index (κ3) is 4.68. The van der Waals surface area contributed by atoms with Gasteiger partial charge in [-0.2, -0.15) is 18.4 Å². The molecular formula is C24H24F3N5O2S. The van der Waals surface area contributed by atoms with Gasteiger partial charge in [0.1, 0.15) is 11.6 Å². The number of alkyl halides is 3. The first kappa shape index (κ1) is 24.9. The Hall–Kier alpha value is -3.23. The number of piperidine rings is 1. The molecule has 0 unspecified atom stereocenters. The molecule has 2 aromatic rings. The first-order chi connectivity index (χ1) is 16.4. The van der Waals surface area contributed by atoms with Crippen LogP contribution in [0, 0.1) is 11.3 Å². The molecule has 0 atom stereocenters. The largest absolute Gasteiger partial charge is 0.474 e. The van der Waals surface area contributed by atoms with Gasteiger partial charge in [-0.05, 0) is 70.2 Å². The summed E-state index contributed by atoms with van der Waals surface area (Å²) in [6.07, 6.45) is -1.34. The standard InChI is InChI=1S/C24H24F3N5O2S/c1-23(2)21(33)31(16-5-4-15(13-28)19(12-16)24(25,26)27)22(35)32(23)17-6-7-20(29-14-17)34-18-8-10-30(3)11-9-18/h4-7,12,14,18H,8-11H2,1-3H3. The molecule has 2 aliphatic heterocycles. The third-order valence-electron chi connectivity index (χ3n) is 6.29. The number of aromatic nitrogens is 1. The highest BCUT2D eigenvalue weighted by molar-refractivity contribution is 7.81. The second kappa shape index (κ2) is 9.09. The number of hydrogen-bond donors (Lipinski definition) is 0. The van der Waals surface area contributed by atoms with Crippen LogP contribution in [0.3, 0.4) is 0 Å². The van der Waals surface area contributed by atoms with Gasteiger partial charge in [0.2, 0.25) is 5.88 Å². The normalized spacial score (nSPS) is 19.2. The predicted octanol–water partition coefficient (Wildman–Crippen LogP) is 4.36. The summed E-state index contributed by atoms with van der Waals surface area (Å²) >= 11 is 5.55. The quantitative estimate of drug-likeness (QED) is 0.574. The van der Waals surface area contributed by atoms with Crippen LogP contribution in [0.15, 0.2) is 36.5 Å². The van der Waals surface area contributed by atoms with Gasteiger partial charge in [0.25, 0.3) is 5.91 Å². The average molecular weight is 504 g/mol. The number of hydrogen-bond acceptors (Lipinski definition) is 6. The van der Waals surface area contributed by atoms with Gasteiger partial charge in [0, 0.05) is 19.2 Å². The number of halogens is 3. The second-order valence-corrected chi connectivity index (χ2v) is 9.50. The van der Waals surface area contributed by atoms with E-state index in [1.807, 2.05) is 0 Å². The van der Waals surface area contributed by atoms with Crippen molar-refractivity contribution >= 4 is 34.6 Å². The topological polar surface area (TPSA) is 72.7 Å². The number of amides is 1. The van der Waals surface area contributed by atoms with Gasteiger partial charge in [0.05, 0.1) is 34.8 Å². The minimum atomic E-state index is -4.76. The summed E-state index contributed by atoms with van der Waals surface area (Å²) in [5, 5.41) is 9.09. The van der Waals surface area contributed by atoms with Crippen molar-refractivity contribution in [3.05, 3.63) is 47.7 Å². The molecule has 35 heavy (non-hydrogen) atoms. The molecule has 2 saturated heterocycles. The molecule has 0 radical (unpaired) electrons. The van der Waals surface area contributed by atoms with Crippen molar-refractivity contribution in [1.29, 1.82) is 5.26 Å². The molecule has 1 aromatic heterocycles. The molecule has 0 aliphatic carbocycles. The molecule has 2 fully saturated rings. The molecule has 3 heterocycles. The van der Waals surface area contributed by atoms with E-state index >= 15 is 0 Å². The van der Waals surface area contributed by atoms with Gasteiger partial charge in [-0.3, -0.25) is 9.69 Å². The van der Waals surface area contributed by atoms with Crippen molar-refractivity contribution < 1.29 is 22.7 Å². The number of ether oxygens (including phenoxy) is 1. The number of nitrogens with zero attached hydrogens (tertiary/aromatic N) is 5. The minimum Gasteiger partial charge on any atom is -0.474 e. The fraction of sp³-hybridized carbons (Fsp3) is 0.417. The van der Waals surface area contributed by atoms with Crippen LogP contribution in [0.25, 0.3) is 0 Å². The molecule has 4 rings (SSSR count). The molecule has 1 amide bonds. The maximum absolute atomic E-state index is 13.5. The number of thiocarbonyl (C=S) groups is 1. The Bertz CT molecular complexity index is 1190. The Kier molecular flexibility index (Phi) is 6.46. The van der Waals surface area contributed by atoms with Crippen LogP contribution in [-0.4, -0.2) is 52.7 Å². The van der Waals surface area contributed by atoms with Crippen LogP contribution >= 0.6 is 12.2 Å². The molecule has 7 nitrogen and oxygen atoms in total. The Morgan fingerprint density at radius 2 is 1.83 bits per heavy atom. The lowest BCUT2D eigenvalue weighted by Crippen LogP contribution is -2.44. The molecule has 0 spiro atoms. The SMILES string of the molecule is CN1CCC(Oc2ccc(N3C(=S)N(c4ccc(C#N)c(C(F)(F)F)c4)C(=O)C3(C)C)cn2)CC1. The fourth-order valence-electron chi connectivity index (χ4n) is 4.31. The number of benzene rings is 1. The number of carbonyl (C=O) groups is 1. The lowest BCUT2D eigenvalue weighted by molar-refractivity contribution is -0.137. The van der Waals surface area contributed by atoms with Crippen molar-refractivity contribution in [3.8, 4) is 11.9 Å². The zero-order valence-corrected chi connectivity index (χ0v) is 20.3. The van der Waals surface area contributed by atoms with E-state index in [-0.39, 0.29) is 16.9 Å². The van der Waals surface area contributed by atoms with Crippen molar-refractivity contribution in [2.45, 2.75) is 44.5 Å². The molecule has 11 heteroatoms. The van der Waals surface area contributed by atoms with Gasteiger partial charge in [-0.25, -0.2) is 4.98 Å². The van der Waals surface area contributed by atoms with Crippen molar-refractivity contribution in [3.63, 3.8) is 0 Å². The van der Waals surface area contributed by atoms with Crippen LogP contribution in [-0.2, 0) is 11.0 Å². The minimum absolute atomic E-state index is 0.0172. The summed E-state index contributed by atoms with van der Waals surface area (Å²) < 4.78 is 46.5. The van der Waals surface area contributed by atoms with Gasteiger partial charge in [-0.15, -0.1) is 0 Å². The van der Waals surface area contributed by atoms with Crippen LogP contribution in [0.5, 0.6) is 5.88 Å². The average Bonchev–Trinajstić information content (AvgIpc) is 2.98. The first-order valence-corrected chi connectivity index (χ1v) is 11.5. The van der Waals surface area contributed by atoms with Gasteiger partial charge in [0.15, 0.2) is 5.11 Å². The van der Waals surface area contributed by atoms with E-state index < -0.39 is 28.7 Å². The van der Waals surface area contributed by atoms with Crippen LogP contribution in [0.1, 0.15) is 37.8 Å². The number of likely N-dealkylation sites (tertiary alicyclic amines) is 1. The van der Waals surface area contributed by atoms with E-state index in [9.17, 15) is 18.0 Å². The molecular weight excluding hydrogens is 479 g/mol. The highest BCUT2D eigenvalue weighted by Gasteiger charge is 2.50. The number of carbonyl (C=O) groups excluding carboxylic acids is 1. The van der Waals surface area contributed by atoms with Gasteiger partial charge < -0.3 is 14.5 Å². The predicted molar refractivity (Wildman–Crippen MR) is 128 cm³/mol. The highest BCUT2D eigenvalue weighted by Crippen LogP contribution is 2.39. The number of rotatable bonds is 4. The molecule has 2 aliphatic rings. The smallest absolute Gasteiger partial charge is 0.417 e. The Morgan fingerprint density at radius 3 is 2.40 bits per heavy atom. The number of anilines is 2. The molecule has 1 aromatic carbocycles. The molecule has 0 saturated carbocycles. The molecule has 184 valence electrons. The van der Waals surface area contributed by atoms with E-state index in [1.54, 1.807) is 36.9 Å². The number of nitriles is 1. The highest BCUT2D eigenvalue weighted by atomic mass is 32.1. The fourth-order valence-corrected chi connectivity index (χ4v) is 4.83. The zero-order valence-electron chi connectivity index (χ0n) is 19.5. The Morgan fingerprint density at radius 1 is 1.17 bits per heavy atom. The van der Waals surface area contributed by atoms with Crippen molar-refractivity contribution in [2.24, 2.45) is 0 Å². The lowest BCUT2D eigenvalue weighted by atomic mass is 10.0. The summed E-state index contributed by atoms with van der Waals surface area (Å²) in [5.74, 6) is -0.0386. The van der Waals surface area contributed by atoms with Crippen LogP contribution in [0.4, 0.5) is 24.5 Å². The Labute approximate surface area is 206 Å². The van der Waals surface area contributed by atoms with Crippen LogP contribution in [0.2, 0.25) is 0 Å². The monoisotopic (exact) mass is 503 g/mol. The van der Waals surface area contributed by atoms with Crippen LogP contribution < -0.4 is 14.5 Å². The van der Waals surface area contributed by atoms with E-state index in [2.05, 4.69) is 16.9 Å². The summed E-state index contributed by atoms with van der Waals surface area (Å²) in [6.45, 7) is 5.17. The number of pyridine rings is 1. The lowest BCUT2D eigenvalue weighted by Gasteiger charge is -2.30. The van der Waals surface area contributed by atoms with E-state index in [4.69, 9.17) is 22.2 Å². The maximum atomic E-state index is 13.5. The molecule has 0 N–H and O–H groups in total. The van der Waals surface area contributed by atoms with E-state index in [1.165, 1.54) is 12.3 Å². The maximum Gasteiger partial charge on any atom is 0.417 e. The van der Waals surface area contributed by atoms with E-state index in [0.29, 0.717) is 11.6 Å². The summed E-state index contributed by atoms with van der Waals surface area (Å²) in [4.78, 5) is 22.5. The summed E-state index contributed by atoms with van der Waals surface area (Å²) in [5.41, 5.74) is -2.38. The Balaban J connectivity index is 1.61. The second-order valence-electron chi connectivity index (χ2n) is 9.13. The van der Waals surface area contributed by atoms with E-state index in [0.717, 1.165) is 43.0 Å². The van der Waals surface area contributed by atoms with Gasteiger partial charge >= 0.3 is 6.18 Å². The van der Waals surface area contributed by atoms with Crippen molar-refractivity contribution in [1.82, 2.24) is 9.88 Å². The molecule has 0 bridgehead atoms. The van der Waals surface area contributed by atoms with Crippen molar-refractivity contribution in [2.75, 3.05) is 29.9 Å².